The molecular formula is C48H38. The Kier molecular flexibility index (Phi) is 6.30. The van der Waals surface area contributed by atoms with Gasteiger partial charge in [0.25, 0.3) is 0 Å². The van der Waals surface area contributed by atoms with Crippen LogP contribution >= 0.6 is 0 Å². The van der Waals surface area contributed by atoms with E-state index in [-0.39, 0.29) is 10.8 Å². The fourth-order valence-electron chi connectivity index (χ4n) is 8.66. The SMILES string of the molecule is CC1(C)c2ccccc2-c2c(-c3ccc(-c4ccccc4-c4cccc(-c5cccc6c5-c5ccccc5C6(C)C)c4)cc3)cccc21. The highest BCUT2D eigenvalue weighted by Crippen LogP contribution is 2.53. The summed E-state index contributed by atoms with van der Waals surface area (Å²) in [4.78, 5) is 0. The van der Waals surface area contributed by atoms with Crippen LogP contribution in [0.2, 0.25) is 0 Å². The van der Waals surface area contributed by atoms with E-state index < -0.39 is 0 Å². The minimum Gasteiger partial charge on any atom is -0.0619 e. The van der Waals surface area contributed by atoms with Crippen molar-refractivity contribution in [1.29, 1.82) is 0 Å². The van der Waals surface area contributed by atoms with Crippen LogP contribution in [0.5, 0.6) is 0 Å². The second-order valence-electron chi connectivity index (χ2n) is 14.5. The molecule has 48 heavy (non-hydrogen) atoms. The van der Waals surface area contributed by atoms with E-state index in [0.29, 0.717) is 0 Å². The van der Waals surface area contributed by atoms with Crippen molar-refractivity contribution < 1.29 is 0 Å². The third-order valence-electron chi connectivity index (χ3n) is 11.1. The van der Waals surface area contributed by atoms with Crippen LogP contribution in [0.25, 0.3) is 66.8 Å². The molecule has 0 aromatic heterocycles. The van der Waals surface area contributed by atoms with Gasteiger partial charge in [-0.05, 0) is 95.1 Å². The molecule has 230 valence electrons. The van der Waals surface area contributed by atoms with Gasteiger partial charge < -0.3 is 0 Å². The highest BCUT2D eigenvalue weighted by Gasteiger charge is 2.37. The van der Waals surface area contributed by atoms with Gasteiger partial charge in [-0.25, -0.2) is 0 Å². The van der Waals surface area contributed by atoms with Crippen molar-refractivity contribution in [1.82, 2.24) is 0 Å². The summed E-state index contributed by atoms with van der Waals surface area (Å²) >= 11 is 0. The zero-order valence-corrected chi connectivity index (χ0v) is 28.0. The van der Waals surface area contributed by atoms with Crippen molar-refractivity contribution >= 4 is 0 Å². The molecule has 0 amide bonds. The molecule has 0 saturated heterocycles. The third kappa shape index (κ3) is 4.15. The summed E-state index contributed by atoms with van der Waals surface area (Å²) in [6.45, 7) is 9.40. The van der Waals surface area contributed by atoms with Gasteiger partial charge in [0.05, 0.1) is 0 Å². The Bertz CT molecular complexity index is 2380. The summed E-state index contributed by atoms with van der Waals surface area (Å²) in [5.74, 6) is 0. The van der Waals surface area contributed by atoms with E-state index in [0.717, 1.165) is 0 Å². The Labute approximate surface area is 284 Å². The van der Waals surface area contributed by atoms with Crippen LogP contribution < -0.4 is 0 Å². The number of fused-ring (bicyclic) bond motifs is 6. The lowest BCUT2D eigenvalue weighted by molar-refractivity contribution is 0.660. The highest BCUT2D eigenvalue weighted by atomic mass is 14.4. The summed E-state index contributed by atoms with van der Waals surface area (Å²) in [5.41, 5.74) is 21.1. The lowest BCUT2D eigenvalue weighted by Gasteiger charge is -2.21. The maximum absolute atomic E-state index is 2.38. The molecule has 0 fully saturated rings. The maximum Gasteiger partial charge on any atom is 0.0159 e. The van der Waals surface area contributed by atoms with E-state index in [4.69, 9.17) is 0 Å². The molecule has 0 atom stereocenters. The summed E-state index contributed by atoms with van der Waals surface area (Å²) in [6.07, 6.45) is 0. The van der Waals surface area contributed by atoms with Crippen LogP contribution in [-0.4, -0.2) is 0 Å². The Morgan fingerprint density at radius 1 is 0.271 bits per heavy atom. The molecule has 7 aromatic rings. The smallest absolute Gasteiger partial charge is 0.0159 e. The molecule has 0 nitrogen and oxygen atoms in total. The van der Waals surface area contributed by atoms with Gasteiger partial charge in [0, 0.05) is 10.8 Å². The molecule has 0 unspecified atom stereocenters. The molecule has 2 aliphatic carbocycles. The monoisotopic (exact) mass is 614 g/mol. The fraction of sp³-hybridized carbons (Fsp3) is 0.125. The number of hydrogen-bond acceptors (Lipinski definition) is 0. The van der Waals surface area contributed by atoms with Crippen molar-refractivity contribution in [3.05, 3.63) is 180 Å². The van der Waals surface area contributed by atoms with Crippen LogP contribution in [0.3, 0.4) is 0 Å². The minimum atomic E-state index is -0.0161. The first kappa shape index (κ1) is 28.7. The Hall–Kier alpha value is -5.46. The van der Waals surface area contributed by atoms with E-state index in [2.05, 4.69) is 185 Å². The molecule has 0 aliphatic heterocycles. The molecule has 0 heterocycles. The van der Waals surface area contributed by atoms with Crippen LogP contribution in [-0.2, 0) is 10.8 Å². The predicted octanol–water partition coefficient (Wildman–Crippen LogP) is 13.0. The molecular weight excluding hydrogens is 577 g/mol. The van der Waals surface area contributed by atoms with E-state index in [1.54, 1.807) is 0 Å². The zero-order valence-electron chi connectivity index (χ0n) is 28.0. The second kappa shape index (κ2) is 10.5. The first-order valence-electron chi connectivity index (χ1n) is 17.1. The number of benzene rings is 7. The number of hydrogen-bond donors (Lipinski definition) is 0. The molecule has 0 N–H and O–H groups in total. The Morgan fingerprint density at radius 2 is 0.604 bits per heavy atom. The molecule has 0 bridgehead atoms. The van der Waals surface area contributed by atoms with Gasteiger partial charge >= 0.3 is 0 Å². The average Bonchev–Trinajstić information content (AvgIpc) is 3.52. The van der Waals surface area contributed by atoms with Gasteiger partial charge in [0.1, 0.15) is 0 Å². The molecule has 9 rings (SSSR count). The largest absolute Gasteiger partial charge is 0.0619 e. The van der Waals surface area contributed by atoms with Crippen molar-refractivity contribution in [2.45, 2.75) is 38.5 Å². The maximum atomic E-state index is 2.38. The van der Waals surface area contributed by atoms with E-state index in [1.165, 1.54) is 89.0 Å². The van der Waals surface area contributed by atoms with Crippen molar-refractivity contribution in [3.8, 4) is 66.8 Å². The molecule has 0 spiro atoms. The van der Waals surface area contributed by atoms with Gasteiger partial charge in [0.2, 0.25) is 0 Å². The first-order chi connectivity index (χ1) is 23.3. The topological polar surface area (TPSA) is 0 Å². The normalized spacial score (nSPS) is 14.6. The molecule has 7 aromatic carbocycles. The van der Waals surface area contributed by atoms with Crippen molar-refractivity contribution in [3.63, 3.8) is 0 Å². The zero-order chi connectivity index (χ0) is 32.6. The van der Waals surface area contributed by atoms with Gasteiger partial charge in [-0.1, -0.05) is 179 Å². The van der Waals surface area contributed by atoms with Crippen LogP contribution in [0.1, 0.15) is 49.9 Å². The number of rotatable bonds is 4. The van der Waals surface area contributed by atoms with Gasteiger partial charge in [-0.15, -0.1) is 0 Å². The van der Waals surface area contributed by atoms with Gasteiger partial charge in [-0.2, -0.15) is 0 Å². The summed E-state index contributed by atoms with van der Waals surface area (Å²) in [6, 6.07) is 58.6. The van der Waals surface area contributed by atoms with Crippen LogP contribution in [0.4, 0.5) is 0 Å². The van der Waals surface area contributed by atoms with E-state index in [9.17, 15) is 0 Å². The third-order valence-corrected chi connectivity index (χ3v) is 11.1. The Balaban J connectivity index is 1.11. The Morgan fingerprint density at radius 3 is 1.12 bits per heavy atom. The molecule has 0 radical (unpaired) electrons. The summed E-state index contributed by atoms with van der Waals surface area (Å²) in [7, 11) is 0. The van der Waals surface area contributed by atoms with Crippen molar-refractivity contribution in [2.24, 2.45) is 0 Å². The lowest BCUT2D eigenvalue weighted by atomic mass is 9.82. The van der Waals surface area contributed by atoms with Crippen LogP contribution in [0.15, 0.2) is 158 Å². The minimum absolute atomic E-state index is 0.00519. The second-order valence-corrected chi connectivity index (χ2v) is 14.5. The van der Waals surface area contributed by atoms with Gasteiger partial charge in [-0.3, -0.25) is 0 Å². The quantitative estimate of drug-likeness (QED) is 0.185. The molecule has 0 heteroatoms. The van der Waals surface area contributed by atoms with Gasteiger partial charge in [0.15, 0.2) is 0 Å². The lowest BCUT2D eigenvalue weighted by Crippen LogP contribution is -2.14. The predicted molar refractivity (Wildman–Crippen MR) is 203 cm³/mol. The van der Waals surface area contributed by atoms with E-state index in [1.807, 2.05) is 0 Å². The highest BCUT2D eigenvalue weighted by molar-refractivity contribution is 5.95. The summed E-state index contributed by atoms with van der Waals surface area (Å²) < 4.78 is 0. The standard InChI is InChI=1S/C48H38/c1-47(2)41-22-9-7-18-39(41)45-37(20-12-24-43(45)47)32-28-26-31(27-29-32)35-16-5-6-17-36(35)33-14-11-15-34(30-33)38-21-13-25-44-46(38)40-19-8-10-23-42(40)48(44,3)4/h5-30H,1-4H3. The molecule has 2 aliphatic rings. The average molecular weight is 615 g/mol. The molecule has 0 saturated carbocycles. The fourth-order valence-corrected chi connectivity index (χ4v) is 8.66. The van der Waals surface area contributed by atoms with Crippen molar-refractivity contribution in [2.75, 3.05) is 0 Å². The van der Waals surface area contributed by atoms with Crippen LogP contribution in [0, 0.1) is 0 Å². The summed E-state index contributed by atoms with van der Waals surface area (Å²) in [5, 5.41) is 0. The first-order valence-corrected chi connectivity index (χ1v) is 17.1. The van der Waals surface area contributed by atoms with E-state index >= 15 is 0 Å².